The van der Waals surface area contributed by atoms with Gasteiger partial charge in [0.25, 0.3) is 5.91 Å². The van der Waals surface area contributed by atoms with E-state index in [9.17, 15) is 9.59 Å². The van der Waals surface area contributed by atoms with Gasteiger partial charge in [-0.1, -0.05) is 0 Å². The van der Waals surface area contributed by atoms with Crippen molar-refractivity contribution in [2.24, 2.45) is 0 Å². The average molecular weight is 394 g/mol. The molecular weight excluding hydrogens is 376 g/mol. The maximum Gasteiger partial charge on any atom is 0.256 e. The summed E-state index contributed by atoms with van der Waals surface area (Å²) in [7, 11) is 3.01. The lowest BCUT2D eigenvalue weighted by Crippen LogP contribution is -2.35. The van der Waals surface area contributed by atoms with E-state index in [1.54, 1.807) is 30.3 Å². The first kappa shape index (κ1) is 18.4. The van der Waals surface area contributed by atoms with Crippen LogP contribution in [0.15, 0.2) is 48.8 Å². The number of carbonyl (C=O) groups excluding carboxylic acids is 2. The number of amides is 2. The molecule has 10 nitrogen and oxygen atoms in total. The van der Waals surface area contributed by atoms with Crippen LogP contribution in [0, 0.1) is 0 Å². The van der Waals surface area contributed by atoms with Crippen molar-refractivity contribution < 1.29 is 19.1 Å². The van der Waals surface area contributed by atoms with Crippen molar-refractivity contribution in [3.05, 3.63) is 48.8 Å². The van der Waals surface area contributed by atoms with Crippen LogP contribution in [-0.4, -0.2) is 52.3 Å². The molecule has 1 saturated heterocycles. The minimum absolute atomic E-state index is 0.0444. The van der Waals surface area contributed by atoms with E-state index in [-0.39, 0.29) is 18.2 Å². The van der Waals surface area contributed by atoms with Crippen molar-refractivity contribution >= 4 is 23.2 Å². The van der Waals surface area contributed by atoms with Crippen LogP contribution in [0.5, 0.6) is 11.5 Å². The van der Waals surface area contributed by atoms with E-state index in [1.165, 1.54) is 25.2 Å². The maximum atomic E-state index is 12.9. The van der Waals surface area contributed by atoms with Crippen LogP contribution in [0.2, 0.25) is 0 Å². The topological polar surface area (TPSA) is 111 Å². The fourth-order valence-electron chi connectivity index (χ4n) is 3.16. The van der Waals surface area contributed by atoms with Gasteiger partial charge in [-0.2, -0.15) is 0 Å². The minimum Gasteiger partial charge on any atom is -0.497 e. The fourth-order valence-corrected chi connectivity index (χ4v) is 3.16. The number of methoxy groups -OCH3 is 2. The Bertz CT molecular complexity index is 1040. The molecule has 1 aromatic heterocycles. The Morgan fingerprint density at radius 1 is 1.07 bits per heavy atom. The number of benzene rings is 2. The molecule has 1 aliphatic heterocycles. The molecule has 2 heterocycles. The maximum absolute atomic E-state index is 12.9. The van der Waals surface area contributed by atoms with Crippen molar-refractivity contribution in [3.8, 4) is 17.2 Å². The number of nitrogens with zero attached hydrogens (tertiary/aromatic N) is 5. The van der Waals surface area contributed by atoms with Crippen LogP contribution < -0.4 is 19.7 Å². The van der Waals surface area contributed by atoms with Gasteiger partial charge in [-0.25, -0.2) is 9.58 Å². The van der Waals surface area contributed by atoms with Crippen molar-refractivity contribution in [1.82, 2.24) is 20.2 Å². The van der Waals surface area contributed by atoms with Crippen molar-refractivity contribution in [2.45, 2.75) is 12.5 Å². The van der Waals surface area contributed by atoms with Gasteiger partial charge >= 0.3 is 0 Å². The average Bonchev–Trinajstić information content (AvgIpc) is 3.37. The Balaban J connectivity index is 1.53. The Morgan fingerprint density at radius 3 is 2.52 bits per heavy atom. The van der Waals surface area contributed by atoms with Gasteiger partial charge in [-0.3, -0.25) is 9.59 Å². The Hall–Kier alpha value is -3.95. The molecule has 2 amide bonds. The van der Waals surface area contributed by atoms with E-state index in [4.69, 9.17) is 9.47 Å². The lowest BCUT2D eigenvalue weighted by Gasteiger charge is -2.19. The summed E-state index contributed by atoms with van der Waals surface area (Å²) in [6, 6.07) is 11.5. The molecular formula is C19H18N6O4. The highest BCUT2D eigenvalue weighted by Crippen LogP contribution is 2.35. The third-order valence-electron chi connectivity index (χ3n) is 4.60. The number of nitrogens with one attached hydrogen (secondary N) is 1. The number of ether oxygens (including phenoxy) is 2. The zero-order valence-electron chi connectivity index (χ0n) is 15.8. The predicted octanol–water partition coefficient (Wildman–Crippen LogP) is 1.42. The molecule has 0 radical (unpaired) electrons. The summed E-state index contributed by atoms with van der Waals surface area (Å²) in [5.74, 6) is 0.309. The van der Waals surface area contributed by atoms with Gasteiger partial charge in [0.05, 0.1) is 32.0 Å². The highest BCUT2D eigenvalue weighted by atomic mass is 16.5. The van der Waals surface area contributed by atoms with Gasteiger partial charge in [0.15, 0.2) is 0 Å². The standard InChI is InChI=1S/C19H18N6O4/c1-28-14-7-8-16(17(9-14)29-2)25-18(26)10-15(19(25)27)21-12-3-5-13(6-4-12)24-11-20-22-23-24/h3-9,11,15,21H,10H2,1-2H3. The predicted molar refractivity (Wildman–Crippen MR) is 103 cm³/mol. The van der Waals surface area contributed by atoms with Crippen LogP contribution >= 0.6 is 0 Å². The highest BCUT2D eigenvalue weighted by Gasteiger charge is 2.40. The molecule has 0 bridgehead atoms. The number of carbonyl (C=O) groups is 2. The molecule has 1 fully saturated rings. The molecule has 1 unspecified atom stereocenters. The van der Waals surface area contributed by atoms with Crippen LogP contribution in [-0.2, 0) is 9.59 Å². The molecule has 0 spiro atoms. The second kappa shape index (κ2) is 7.58. The molecule has 1 atom stereocenters. The molecule has 3 aromatic rings. The quantitative estimate of drug-likeness (QED) is 0.625. The van der Waals surface area contributed by atoms with Crippen molar-refractivity contribution in [3.63, 3.8) is 0 Å². The zero-order chi connectivity index (χ0) is 20.4. The number of hydrogen-bond acceptors (Lipinski definition) is 8. The van der Waals surface area contributed by atoms with Crippen LogP contribution in [0.3, 0.4) is 0 Å². The summed E-state index contributed by atoms with van der Waals surface area (Å²) in [4.78, 5) is 26.6. The fraction of sp³-hybridized carbons (Fsp3) is 0.211. The van der Waals surface area contributed by atoms with Gasteiger partial charge in [0.2, 0.25) is 5.91 Å². The molecule has 2 aromatic carbocycles. The second-order valence-corrected chi connectivity index (χ2v) is 6.31. The van der Waals surface area contributed by atoms with E-state index < -0.39 is 6.04 Å². The monoisotopic (exact) mass is 394 g/mol. The number of rotatable bonds is 6. The van der Waals surface area contributed by atoms with E-state index in [0.29, 0.717) is 22.9 Å². The van der Waals surface area contributed by atoms with E-state index in [2.05, 4.69) is 20.8 Å². The third kappa shape index (κ3) is 3.47. The summed E-state index contributed by atoms with van der Waals surface area (Å²) < 4.78 is 12.0. The Labute approximate surface area is 166 Å². The molecule has 10 heteroatoms. The van der Waals surface area contributed by atoms with Gasteiger partial charge in [0.1, 0.15) is 23.9 Å². The van der Waals surface area contributed by atoms with Crippen molar-refractivity contribution in [1.29, 1.82) is 0 Å². The largest absolute Gasteiger partial charge is 0.497 e. The van der Waals surface area contributed by atoms with E-state index in [1.807, 2.05) is 12.1 Å². The highest BCUT2D eigenvalue weighted by molar-refractivity contribution is 6.23. The molecule has 4 rings (SSSR count). The minimum atomic E-state index is -0.673. The molecule has 1 aliphatic rings. The van der Waals surface area contributed by atoms with Crippen LogP contribution in [0.1, 0.15) is 6.42 Å². The van der Waals surface area contributed by atoms with Gasteiger partial charge in [0, 0.05) is 11.8 Å². The summed E-state index contributed by atoms with van der Waals surface area (Å²) in [5, 5.41) is 14.1. The molecule has 29 heavy (non-hydrogen) atoms. The first-order chi connectivity index (χ1) is 14.1. The first-order valence-corrected chi connectivity index (χ1v) is 8.79. The number of tetrazole rings is 1. The lowest BCUT2D eigenvalue weighted by atomic mass is 10.2. The number of hydrogen-bond donors (Lipinski definition) is 1. The first-order valence-electron chi connectivity index (χ1n) is 8.79. The number of imide groups is 1. The third-order valence-corrected chi connectivity index (χ3v) is 4.60. The van der Waals surface area contributed by atoms with E-state index >= 15 is 0 Å². The van der Waals surface area contributed by atoms with Gasteiger partial charge in [-0.15, -0.1) is 5.10 Å². The van der Waals surface area contributed by atoms with Crippen LogP contribution in [0.4, 0.5) is 11.4 Å². The summed E-state index contributed by atoms with van der Waals surface area (Å²) in [6.07, 6.45) is 1.53. The Morgan fingerprint density at radius 2 is 1.86 bits per heavy atom. The molecule has 148 valence electrons. The number of aromatic nitrogens is 4. The summed E-state index contributed by atoms with van der Waals surface area (Å²) in [6.45, 7) is 0. The summed E-state index contributed by atoms with van der Waals surface area (Å²) in [5.41, 5.74) is 1.87. The smallest absolute Gasteiger partial charge is 0.256 e. The Kier molecular flexibility index (Phi) is 4.82. The normalized spacial score (nSPS) is 16.2. The molecule has 0 aliphatic carbocycles. The van der Waals surface area contributed by atoms with E-state index in [0.717, 1.165) is 10.6 Å². The van der Waals surface area contributed by atoms with Gasteiger partial charge in [-0.05, 0) is 46.8 Å². The van der Waals surface area contributed by atoms with Gasteiger partial charge < -0.3 is 14.8 Å². The number of anilines is 2. The SMILES string of the molecule is COc1ccc(N2C(=O)CC(Nc3ccc(-n4cnnn4)cc3)C2=O)c(OC)c1. The molecule has 0 saturated carbocycles. The zero-order valence-corrected chi connectivity index (χ0v) is 15.8. The van der Waals surface area contributed by atoms with Crippen molar-refractivity contribution in [2.75, 3.05) is 24.4 Å². The van der Waals surface area contributed by atoms with Crippen LogP contribution in [0.25, 0.3) is 5.69 Å². The lowest BCUT2D eigenvalue weighted by molar-refractivity contribution is -0.121. The molecule has 1 N–H and O–H groups in total. The second-order valence-electron chi connectivity index (χ2n) is 6.31. The summed E-state index contributed by atoms with van der Waals surface area (Å²) >= 11 is 0.